The number of rotatable bonds is 5. The van der Waals surface area contributed by atoms with Gasteiger partial charge >= 0.3 is 0 Å². The van der Waals surface area contributed by atoms with Crippen LogP contribution in [0.1, 0.15) is 21.9 Å². The summed E-state index contributed by atoms with van der Waals surface area (Å²) in [6, 6.07) is 3.83. The maximum Gasteiger partial charge on any atom is 0.273 e. The Hall–Kier alpha value is -3.12. The minimum Gasteiger partial charge on any atom is -0.409 e. The van der Waals surface area contributed by atoms with Gasteiger partial charge in [0, 0.05) is 11.1 Å². The van der Waals surface area contributed by atoms with Crippen LogP contribution in [0.2, 0.25) is 5.02 Å². The predicted molar refractivity (Wildman–Crippen MR) is 88.7 cm³/mol. The molecule has 0 saturated carbocycles. The molecule has 0 aliphatic carbocycles. The number of hydrogen-bond acceptors (Lipinski definition) is 9. The maximum atomic E-state index is 13.2. The second-order valence-electron chi connectivity index (χ2n) is 4.73. The van der Waals surface area contributed by atoms with E-state index in [0.717, 1.165) is 17.6 Å². The Balaban J connectivity index is 1.73. The number of amides is 1. The molecule has 0 fully saturated rings. The first-order chi connectivity index (χ1) is 12.6. The molecular weight excluding hydrogens is 389 g/mol. The molecule has 3 N–H and O–H groups in total. The molecule has 10 nitrogen and oxygen atoms in total. The van der Waals surface area contributed by atoms with Crippen molar-refractivity contribution < 1.29 is 19.0 Å². The normalized spacial score (nSPS) is 11.4. The first kappa shape index (κ1) is 17.7. The van der Waals surface area contributed by atoms with Crippen molar-refractivity contribution in [3.05, 3.63) is 51.5 Å². The van der Waals surface area contributed by atoms with E-state index >= 15 is 0 Å². The van der Waals surface area contributed by atoms with Gasteiger partial charge in [0.05, 0.1) is 11.6 Å². The van der Waals surface area contributed by atoms with Gasteiger partial charge in [0.15, 0.2) is 11.4 Å². The van der Waals surface area contributed by atoms with E-state index in [1.165, 1.54) is 17.5 Å². The van der Waals surface area contributed by atoms with E-state index in [9.17, 15) is 14.4 Å². The van der Waals surface area contributed by atoms with Gasteiger partial charge in [-0.05, 0) is 34.9 Å². The maximum absolute atomic E-state index is 13.2. The van der Waals surface area contributed by atoms with Gasteiger partial charge in [-0.2, -0.15) is 0 Å². The zero-order chi connectivity index (χ0) is 18.5. The SMILES string of the molecule is O=C(NCc1nonc1/C(=N/O)Nc1ccc(F)c(Cl)c1)c1csnn1. The predicted octanol–water partition coefficient (Wildman–Crippen LogP) is 1.89. The van der Waals surface area contributed by atoms with Gasteiger partial charge in [0.2, 0.25) is 5.84 Å². The van der Waals surface area contributed by atoms with Crippen LogP contribution in [0.3, 0.4) is 0 Å². The number of halogens is 2. The van der Waals surface area contributed by atoms with Crippen molar-refractivity contribution >= 4 is 40.6 Å². The molecule has 0 bridgehead atoms. The minimum absolute atomic E-state index is 0.0460. The molecule has 0 unspecified atom stereocenters. The highest BCUT2D eigenvalue weighted by molar-refractivity contribution is 7.03. The smallest absolute Gasteiger partial charge is 0.273 e. The van der Waals surface area contributed by atoms with Gasteiger partial charge < -0.3 is 15.8 Å². The van der Waals surface area contributed by atoms with Gasteiger partial charge in [0.25, 0.3) is 5.91 Å². The quantitative estimate of drug-likeness (QED) is 0.257. The van der Waals surface area contributed by atoms with Crippen molar-refractivity contribution in [1.29, 1.82) is 0 Å². The highest BCUT2D eigenvalue weighted by Crippen LogP contribution is 2.20. The number of nitrogens with one attached hydrogen (secondary N) is 2. The Morgan fingerprint density at radius 1 is 1.42 bits per heavy atom. The van der Waals surface area contributed by atoms with Crippen LogP contribution in [0, 0.1) is 5.82 Å². The van der Waals surface area contributed by atoms with Gasteiger partial charge in [-0.1, -0.05) is 26.4 Å². The van der Waals surface area contributed by atoms with Crippen LogP contribution >= 0.6 is 23.1 Å². The van der Waals surface area contributed by atoms with Gasteiger partial charge in [-0.25, -0.2) is 9.02 Å². The summed E-state index contributed by atoms with van der Waals surface area (Å²) in [5.41, 5.74) is 0.735. The van der Waals surface area contributed by atoms with E-state index in [1.807, 2.05) is 0 Å². The third-order valence-corrected chi connectivity index (χ3v) is 3.87. The van der Waals surface area contributed by atoms with Gasteiger partial charge in [-0.15, -0.1) is 5.10 Å². The lowest BCUT2D eigenvalue weighted by Crippen LogP contribution is -2.25. The minimum atomic E-state index is -0.595. The van der Waals surface area contributed by atoms with Crippen LogP contribution in [-0.2, 0) is 6.54 Å². The van der Waals surface area contributed by atoms with E-state index in [4.69, 9.17) is 11.6 Å². The zero-order valence-electron chi connectivity index (χ0n) is 12.7. The summed E-state index contributed by atoms with van der Waals surface area (Å²) >= 11 is 6.75. The Bertz CT molecular complexity index is 947. The lowest BCUT2D eigenvalue weighted by Gasteiger charge is -2.07. The molecule has 0 aliphatic rings. The molecule has 1 amide bonds. The molecule has 26 heavy (non-hydrogen) atoms. The Morgan fingerprint density at radius 2 is 2.27 bits per heavy atom. The van der Waals surface area contributed by atoms with Crippen LogP contribution in [0.5, 0.6) is 0 Å². The summed E-state index contributed by atoms with van der Waals surface area (Å²) in [5.74, 6) is -1.19. The topological polar surface area (TPSA) is 138 Å². The van der Waals surface area contributed by atoms with Crippen molar-refractivity contribution in [3.8, 4) is 0 Å². The van der Waals surface area contributed by atoms with Crippen LogP contribution < -0.4 is 10.6 Å². The number of anilines is 1. The number of amidine groups is 1. The zero-order valence-corrected chi connectivity index (χ0v) is 14.3. The summed E-state index contributed by atoms with van der Waals surface area (Å²) in [4.78, 5) is 11.9. The monoisotopic (exact) mass is 397 g/mol. The molecule has 0 radical (unpaired) electrons. The molecule has 0 spiro atoms. The second-order valence-corrected chi connectivity index (χ2v) is 5.75. The Kier molecular flexibility index (Phi) is 5.34. The molecule has 2 heterocycles. The lowest BCUT2D eigenvalue weighted by molar-refractivity contribution is 0.0945. The van der Waals surface area contributed by atoms with Crippen LogP contribution in [0.15, 0.2) is 33.4 Å². The molecule has 1 aromatic carbocycles. The third-order valence-electron chi connectivity index (χ3n) is 3.07. The third kappa shape index (κ3) is 3.92. The van der Waals surface area contributed by atoms with E-state index in [1.54, 1.807) is 0 Å². The number of nitrogens with zero attached hydrogens (tertiary/aromatic N) is 5. The van der Waals surface area contributed by atoms with Crippen LogP contribution in [0.4, 0.5) is 10.1 Å². The van der Waals surface area contributed by atoms with E-state index in [0.29, 0.717) is 5.69 Å². The van der Waals surface area contributed by atoms with Crippen molar-refractivity contribution in [2.75, 3.05) is 5.32 Å². The summed E-state index contributed by atoms with van der Waals surface area (Å²) in [6.07, 6.45) is 0. The lowest BCUT2D eigenvalue weighted by atomic mass is 10.2. The first-order valence-electron chi connectivity index (χ1n) is 6.89. The van der Waals surface area contributed by atoms with E-state index in [-0.39, 0.29) is 34.5 Å². The number of benzene rings is 1. The average Bonchev–Trinajstić information content (AvgIpc) is 3.32. The highest BCUT2D eigenvalue weighted by atomic mass is 35.5. The Morgan fingerprint density at radius 3 is 2.96 bits per heavy atom. The van der Waals surface area contributed by atoms with Crippen molar-refractivity contribution in [2.24, 2.45) is 5.16 Å². The molecular formula is C13H9ClFN7O3S. The number of carbonyl (C=O) groups excluding carboxylic acids is 1. The number of oxime groups is 1. The fourth-order valence-corrected chi connectivity index (χ4v) is 2.48. The Labute approximate surface area is 153 Å². The number of carbonyl (C=O) groups is 1. The molecule has 0 atom stereocenters. The van der Waals surface area contributed by atoms with Crippen molar-refractivity contribution in [1.82, 2.24) is 25.2 Å². The first-order valence-corrected chi connectivity index (χ1v) is 8.11. The standard InChI is InChI=1S/C13H9ClFN7O3S/c14-7-3-6(1-2-8(7)15)17-12(19-24)11-9(20-25-21-11)4-16-13(23)10-5-26-22-18-10/h1-3,5,24H,4H2,(H,16,23)(H,17,19). The molecule has 3 aromatic rings. The highest BCUT2D eigenvalue weighted by Gasteiger charge is 2.19. The number of hydrogen-bond donors (Lipinski definition) is 3. The van der Waals surface area contributed by atoms with Crippen LogP contribution in [0.25, 0.3) is 0 Å². The molecule has 3 rings (SSSR count). The van der Waals surface area contributed by atoms with Crippen molar-refractivity contribution in [2.45, 2.75) is 6.54 Å². The largest absolute Gasteiger partial charge is 0.409 e. The van der Waals surface area contributed by atoms with E-state index in [2.05, 4.69) is 40.3 Å². The fraction of sp³-hybridized carbons (Fsp3) is 0.0769. The molecule has 0 aliphatic heterocycles. The van der Waals surface area contributed by atoms with Gasteiger partial charge in [-0.3, -0.25) is 4.79 Å². The van der Waals surface area contributed by atoms with Crippen molar-refractivity contribution in [3.63, 3.8) is 0 Å². The summed E-state index contributed by atoms with van der Waals surface area (Å²) < 4.78 is 21.5. The summed E-state index contributed by atoms with van der Waals surface area (Å²) in [6.45, 7) is -0.0694. The molecule has 2 aromatic heterocycles. The molecule has 134 valence electrons. The molecule has 0 saturated heterocycles. The summed E-state index contributed by atoms with van der Waals surface area (Å²) in [5, 5.41) is 29.9. The number of aromatic nitrogens is 4. The van der Waals surface area contributed by atoms with Gasteiger partial charge in [0.1, 0.15) is 11.5 Å². The van der Waals surface area contributed by atoms with Crippen LogP contribution in [-0.4, -0.2) is 36.9 Å². The summed E-state index contributed by atoms with van der Waals surface area (Å²) in [7, 11) is 0. The second kappa shape index (κ2) is 7.84. The van der Waals surface area contributed by atoms with E-state index < -0.39 is 11.7 Å². The average molecular weight is 398 g/mol. The fourth-order valence-electron chi connectivity index (χ4n) is 1.86. The molecule has 13 heteroatoms.